The number of nitrogens with one attached hydrogen (secondary N) is 1. The van der Waals surface area contributed by atoms with Gasteiger partial charge in [-0.3, -0.25) is 0 Å². The Morgan fingerprint density at radius 1 is 1.38 bits per heavy atom. The van der Waals surface area contributed by atoms with E-state index in [9.17, 15) is 4.39 Å². The van der Waals surface area contributed by atoms with Crippen molar-refractivity contribution in [2.24, 2.45) is 0 Å². The topological polar surface area (TPSA) is 12.0 Å². The zero-order chi connectivity index (χ0) is 12.1. The summed E-state index contributed by atoms with van der Waals surface area (Å²) in [7, 11) is 0. The molecule has 1 N–H and O–H groups in total. The Morgan fingerprint density at radius 2 is 2.06 bits per heavy atom. The second kappa shape index (κ2) is 6.21. The molecule has 1 unspecified atom stereocenters. The Balaban J connectivity index is 0.000000606. The highest BCUT2D eigenvalue weighted by Crippen LogP contribution is 2.32. The average Bonchev–Trinajstić information content (AvgIpc) is 2.82. The highest BCUT2D eigenvalue weighted by Gasteiger charge is 2.20. The molecule has 2 rings (SSSR count). The van der Waals surface area contributed by atoms with Crippen LogP contribution in [0.4, 0.5) is 4.39 Å². The Hall–Kier alpha value is -0.600. The highest BCUT2D eigenvalue weighted by atomic mass is 35.5. The number of hydrogen-bond donors (Lipinski definition) is 1. The van der Waals surface area contributed by atoms with Crippen LogP contribution in [-0.4, -0.2) is 6.54 Å². The molecule has 0 saturated carbocycles. The van der Waals surface area contributed by atoms with Crippen LogP contribution in [0.25, 0.3) is 0 Å². The normalized spacial score (nSPS) is 19.2. The summed E-state index contributed by atoms with van der Waals surface area (Å²) in [4.78, 5) is 0. The number of halogens is 2. The standard InChI is InChI=1S/C11H13ClFN.C2H6/c1-7-9(13)5-4-8(11(7)12)10-3-2-6-14-10;1-2/h4-5,10,14H,2-3,6H2,1H3;1-2H3. The molecule has 1 aliphatic heterocycles. The van der Waals surface area contributed by atoms with Crippen molar-refractivity contribution in [2.75, 3.05) is 6.54 Å². The Labute approximate surface area is 102 Å². The van der Waals surface area contributed by atoms with Gasteiger partial charge in [-0.15, -0.1) is 0 Å². The molecule has 0 amide bonds. The van der Waals surface area contributed by atoms with E-state index >= 15 is 0 Å². The van der Waals surface area contributed by atoms with E-state index in [1.54, 1.807) is 13.0 Å². The largest absolute Gasteiger partial charge is 0.310 e. The molecule has 16 heavy (non-hydrogen) atoms. The van der Waals surface area contributed by atoms with Gasteiger partial charge in [0.15, 0.2) is 0 Å². The SMILES string of the molecule is CC.Cc1c(F)ccc(C2CCCN2)c1Cl. The van der Waals surface area contributed by atoms with Gasteiger partial charge in [0.05, 0.1) is 5.02 Å². The minimum atomic E-state index is -0.225. The Morgan fingerprint density at radius 3 is 2.62 bits per heavy atom. The lowest BCUT2D eigenvalue weighted by Gasteiger charge is -2.14. The minimum absolute atomic E-state index is 0.225. The van der Waals surface area contributed by atoms with Gasteiger partial charge in [-0.2, -0.15) is 0 Å². The van der Waals surface area contributed by atoms with E-state index in [0.717, 1.165) is 24.9 Å². The molecule has 0 aliphatic carbocycles. The summed E-state index contributed by atoms with van der Waals surface area (Å²) in [6, 6.07) is 3.59. The predicted octanol–water partition coefficient (Wildman–Crippen LogP) is 4.24. The molecule has 1 aromatic rings. The van der Waals surface area contributed by atoms with Crippen molar-refractivity contribution in [1.29, 1.82) is 0 Å². The van der Waals surface area contributed by atoms with Crippen LogP contribution in [0.3, 0.4) is 0 Å². The van der Waals surface area contributed by atoms with Crippen LogP contribution >= 0.6 is 11.6 Å². The third-order valence-electron chi connectivity index (χ3n) is 2.79. The zero-order valence-electron chi connectivity index (χ0n) is 10.1. The predicted molar refractivity (Wildman–Crippen MR) is 67.5 cm³/mol. The van der Waals surface area contributed by atoms with Crippen molar-refractivity contribution in [3.05, 3.63) is 34.1 Å². The number of rotatable bonds is 1. The monoisotopic (exact) mass is 243 g/mol. The molecule has 0 aromatic heterocycles. The summed E-state index contributed by atoms with van der Waals surface area (Å²) >= 11 is 6.10. The third kappa shape index (κ3) is 2.74. The van der Waals surface area contributed by atoms with E-state index in [2.05, 4.69) is 5.32 Å². The fourth-order valence-electron chi connectivity index (χ4n) is 1.90. The lowest BCUT2D eigenvalue weighted by molar-refractivity contribution is 0.609. The molecule has 1 nitrogen and oxygen atoms in total. The van der Waals surface area contributed by atoms with Crippen molar-refractivity contribution in [1.82, 2.24) is 5.32 Å². The van der Waals surface area contributed by atoms with Gasteiger partial charge in [0.2, 0.25) is 0 Å². The van der Waals surface area contributed by atoms with Crippen LogP contribution in [-0.2, 0) is 0 Å². The first-order chi connectivity index (χ1) is 7.70. The van der Waals surface area contributed by atoms with Crippen LogP contribution in [0, 0.1) is 12.7 Å². The molecule has 1 atom stereocenters. The number of benzene rings is 1. The van der Waals surface area contributed by atoms with E-state index < -0.39 is 0 Å². The second-order valence-corrected chi connectivity index (χ2v) is 4.10. The summed E-state index contributed by atoms with van der Waals surface area (Å²) in [6.07, 6.45) is 2.25. The van der Waals surface area contributed by atoms with E-state index in [1.165, 1.54) is 6.07 Å². The summed E-state index contributed by atoms with van der Waals surface area (Å²) in [6.45, 7) is 6.74. The molecule has 3 heteroatoms. The van der Waals surface area contributed by atoms with Gasteiger partial charge in [0.1, 0.15) is 5.82 Å². The fraction of sp³-hybridized carbons (Fsp3) is 0.538. The first-order valence-electron chi connectivity index (χ1n) is 5.88. The molecule has 1 aromatic carbocycles. The van der Waals surface area contributed by atoms with Crippen LogP contribution < -0.4 is 5.32 Å². The summed E-state index contributed by atoms with van der Waals surface area (Å²) in [5.41, 5.74) is 1.58. The molecule has 1 aliphatic rings. The minimum Gasteiger partial charge on any atom is -0.310 e. The molecule has 1 fully saturated rings. The maximum absolute atomic E-state index is 13.1. The van der Waals surface area contributed by atoms with Gasteiger partial charge < -0.3 is 5.32 Å². The summed E-state index contributed by atoms with van der Waals surface area (Å²) < 4.78 is 13.1. The summed E-state index contributed by atoms with van der Waals surface area (Å²) in [5, 5.41) is 3.93. The average molecular weight is 244 g/mol. The molecule has 90 valence electrons. The van der Waals surface area contributed by atoms with Gasteiger partial charge in [0.25, 0.3) is 0 Å². The van der Waals surface area contributed by atoms with E-state index in [1.807, 2.05) is 13.8 Å². The van der Waals surface area contributed by atoms with Gasteiger partial charge in [0, 0.05) is 11.6 Å². The van der Waals surface area contributed by atoms with Crippen LogP contribution in [0.2, 0.25) is 5.02 Å². The smallest absolute Gasteiger partial charge is 0.127 e. The van der Waals surface area contributed by atoms with Crippen LogP contribution in [0.5, 0.6) is 0 Å². The molecule has 1 heterocycles. The summed E-state index contributed by atoms with van der Waals surface area (Å²) in [5.74, 6) is -0.225. The first-order valence-corrected chi connectivity index (χ1v) is 6.26. The van der Waals surface area contributed by atoms with Crippen molar-refractivity contribution >= 4 is 11.6 Å². The molecule has 0 spiro atoms. The van der Waals surface area contributed by atoms with Gasteiger partial charge in [-0.1, -0.05) is 31.5 Å². The molecule has 0 radical (unpaired) electrons. The van der Waals surface area contributed by atoms with Gasteiger partial charge >= 0.3 is 0 Å². The number of hydrogen-bond acceptors (Lipinski definition) is 1. The zero-order valence-corrected chi connectivity index (χ0v) is 10.9. The Kier molecular flexibility index (Phi) is 5.23. The molecular weight excluding hydrogens is 225 g/mol. The van der Waals surface area contributed by atoms with Crippen molar-refractivity contribution in [3.63, 3.8) is 0 Å². The second-order valence-electron chi connectivity index (χ2n) is 3.72. The van der Waals surface area contributed by atoms with E-state index in [-0.39, 0.29) is 5.82 Å². The third-order valence-corrected chi connectivity index (χ3v) is 3.29. The van der Waals surface area contributed by atoms with E-state index in [4.69, 9.17) is 11.6 Å². The maximum Gasteiger partial charge on any atom is 0.127 e. The van der Waals surface area contributed by atoms with Crippen molar-refractivity contribution in [2.45, 2.75) is 39.7 Å². The van der Waals surface area contributed by atoms with Crippen LogP contribution in [0.15, 0.2) is 12.1 Å². The van der Waals surface area contributed by atoms with Crippen LogP contribution in [0.1, 0.15) is 43.9 Å². The van der Waals surface area contributed by atoms with Crippen molar-refractivity contribution < 1.29 is 4.39 Å². The molecule has 1 saturated heterocycles. The quantitative estimate of drug-likeness (QED) is 0.778. The Bertz CT molecular complexity index is 346. The fourth-order valence-corrected chi connectivity index (χ4v) is 2.19. The van der Waals surface area contributed by atoms with Gasteiger partial charge in [-0.25, -0.2) is 4.39 Å². The lowest BCUT2D eigenvalue weighted by atomic mass is 10.0. The van der Waals surface area contributed by atoms with Crippen molar-refractivity contribution in [3.8, 4) is 0 Å². The van der Waals surface area contributed by atoms with Gasteiger partial charge in [-0.05, 0) is 37.9 Å². The molecule has 0 bridgehead atoms. The molecular formula is C13H19ClFN. The highest BCUT2D eigenvalue weighted by molar-refractivity contribution is 6.32. The van der Waals surface area contributed by atoms with E-state index in [0.29, 0.717) is 16.6 Å². The maximum atomic E-state index is 13.1. The lowest BCUT2D eigenvalue weighted by Crippen LogP contribution is -2.13. The first kappa shape index (κ1) is 13.5.